The van der Waals surface area contributed by atoms with Gasteiger partial charge in [-0.3, -0.25) is 4.79 Å². The van der Waals surface area contributed by atoms with E-state index >= 15 is 0 Å². The maximum absolute atomic E-state index is 11.4. The van der Waals surface area contributed by atoms with Gasteiger partial charge in [-0.15, -0.1) is 11.8 Å². The number of nitrogens with zero attached hydrogens (tertiary/aromatic N) is 2. The number of hydrogen-bond acceptors (Lipinski definition) is 4. The van der Waals surface area contributed by atoms with E-state index < -0.39 is 0 Å². The zero-order chi connectivity index (χ0) is 13.0. The molecule has 0 aliphatic carbocycles. The molecule has 0 radical (unpaired) electrons. The Morgan fingerprint density at radius 1 is 1.44 bits per heavy atom. The van der Waals surface area contributed by atoms with Crippen LogP contribution in [0.3, 0.4) is 0 Å². The van der Waals surface area contributed by atoms with Gasteiger partial charge in [0, 0.05) is 4.90 Å². The summed E-state index contributed by atoms with van der Waals surface area (Å²) in [5, 5.41) is 8.64. The third-order valence-corrected chi connectivity index (χ3v) is 3.62. The highest BCUT2D eigenvalue weighted by molar-refractivity contribution is 7.98. The molecule has 0 unspecified atom stereocenters. The molecule has 0 aliphatic rings. The molecule has 0 bridgehead atoms. The molecule has 0 amide bonds. The topological polar surface area (TPSA) is 69.5 Å². The smallest absolute Gasteiger partial charge is 0.268 e. The number of hydrogen-bond donors (Lipinski definition) is 1. The summed E-state index contributed by atoms with van der Waals surface area (Å²) in [5.74, 6) is 1.15. The summed E-state index contributed by atoms with van der Waals surface area (Å²) in [5.41, 5.74) is 0.853. The summed E-state index contributed by atoms with van der Waals surface area (Å²) in [6.07, 6.45) is 1.31. The van der Waals surface area contributed by atoms with Gasteiger partial charge in [0.2, 0.25) is 0 Å². The summed E-state index contributed by atoms with van der Waals surface area (Å²) >= 11 is 1.61. The second-order valence-corrected chi connectivity index (χ2v) is 4.76. The van der Waals surface area contributed by atoms with Gasteiger partial charge in [0.15, 0.2) is 0 Å². The number of nitrogens with one attached hydrogen (secondary N) is 1. The van der Waals surface area contributed by atoms with Crippen LogP contribution >= 0.6 is 11.8 Å². The van der Waals surface area contributed by atoms with Crippen molar-refractivity contribution >= 4 is 11.8 Å². The van der Waals surface area contributed by atoms with E-state index in [1.165, 1.54) is 11.8 Å². The van der Waals surface area contributed by atoms with Crippen molar-refractivity contribution in [3.8, 4) is 6.07 Å². The molecule has 0 fully saturated rings. The van der Waals surface area contributed by atoms with Gasteiger partial charge in [-0.1, -0.05) is 18.2 Å². The number of aromatic nitrogens is 2. The van der Waals surface area contributed by atoms with Gasteiger partial charge in [0.1, 0.15) is 17.5 Å². The molecule has 1 heterocycles. The summed E-state index contributed by atoms with van der Waals surface area (Å²) in [4.78, 5) is 19.2. The molecule has 1 N–H and O–H groups in total. The van der Waals surface area contributed by atoms with Crippen LogP contribution in [0.15, 0.2) is 40.2 Å². The summed E-state index contributed by atoms with van der Waals surface area (Å²) in [6, 6.07) is 9.82. The molecule has 0 aliphatic heterocycles. The van der Waals surface area contributed by atoms with Gasteiger partial charge in [0.05, 0.1) is 11.9 Å². The van der Waals surface area contributed by atoms with E-state index in [0.29, 0.717) is 11.6 Å². The molecule has 0 atom stereocenters. The Labute approximate surface area is 109 Å². The van der Waals surface area contributed by atoms with Crippen LogP contribution in [0.5, 0.6) is 0 Å². The Bertz CT molecular complexity index is 658. The highest BCUT2D eigenvalue weighted by Gasteiger charge is 2.03. The number of benzene rings is 1. The van der Waals surface area contributed by atoms with E-state index in [9.17, 15) is 4.79 Å². The molecule has 18 heavy (non-hydrogen) atoms. The predicted molar refractivity (Wildman–Crippen MR) is 70.3 cm³/mol. The second kappa shape index (κ2) is 5.52. The summed E-state index contributed by atoms with van der Waals surface area (Å²) in [7, 11) is 0. The minimum Gasteiger partial charge on any atom is -0.309 e. The van der Waals surface area contributed by atoms with Crippen molar-refractivity contribution < 1.29 is 0 Å². The fourth-order valence-electron chi connectivity index (χ4n) is 1.45. The molecule has 4 nitrogen and oxygen atoms in total. The Morgan fingerprint density at radius 3 is 2.89 bits per heavy atom. The SMILES string of the molecule is Cc1ccccc1SCc1ncc(C#N)c(=O)[nH]1. The van der Waals surface area contributed by atoms with Crippen molar-refractivity contribution in [2.45, 2.75) is 17.6 Å². The molecule has 0 spiro atoms. The van der Waals surface area contributed by atoms with Crippen LogP contribution in [-0.4, -0.2) is 9.97 Å². The molecule has 2 rings (SSSR count). The van der Waals surface area contributed by atoms with Crippen LogP contribution in [0.25, 0.3) is 0 Å². The summed E-state index contributed by atoms with van der Waals surface area (Å²) < 4.78 is 0. The largest absolute Gasteiger partial charge is 0.309 e. The average Bonchev–Trinajstić information content (AvgIpc) is 2.38. The van der Waals surface area contributed by atoms with Gasteiger partial charge >= 0.3 is 0 Å². The van der Waals surface area contributed by atoms with Gasteiger partial charge in [-0.05, 0) is 18.6 Å². The van der Waals surface area contributed by atoms with Crippen molar-refractivity contribution in [3.63, 3.8) is 0 Å². The lowest BCUT2D eigenvalue weighted by molar-refractivity contribution is 0.992. The van der Waals surface area contributed by atoms with E-state index in [1.807, 2.05) is 31.2 Å². The number of H-pyrrole nitrogens is 1. The third kappa shape index (κ3) is 2.79. The van der Waals surface area contributed by atoms with Crippen molar-refractivity contribution in [1.82, 2.24) is 9.97 Å². The molecule has 0 saturated heterocycles. The van der Waals surface area contributed by atoms with Crippen molar-refractivity contribution in [2.75, 3.05) is 0 Å². The zero-order valence-electron chi connectivity index (χ0n) is 9.80. The molecular formula is C13H11N3OS. The minimum atomic E-state index is -0.382. The molecular weight excluding hydrogens is 246 g/mol. The lowest BCUT2D eigenvalue weighted by atomic mass is 10.2. The van der Waals surface area contributed by atoms with E-state index in [1.54, 1.807) is 17.8 Å². The molecule has 1 aromatic carbocycles. The van der Waals surface area contributed by atoms with Crippen LogP contribution in [0.2, 0.25) is 0 Å². The molecule has 5 heteroatoms. The lowest BCUT2D eigenvalue weighted by Gasteiger charge is -2.04. The van der Waals surface area contributed by atoms with E-state index in [4.69, 9.17) is 5.26 Å². The minimum absolute atomic E-state index is 0.0413. The van der Waals surface area contributed by atoms with Crippen molar-refractivity contribution in [3.05, 3.63) is 57.8 Å². The highest BCUT2D eigenvalue weighted by atomic mass is 32.2. The number of thioether (sulfide) groups is 1. The Morgan fingerprint density at radius 2 is 2.22 bits per heavy atom. The van der Waals surface area contributed by atoms with Crippen LogP contribution < -0.4 is 5.56 Å². The standard InChI is InChI=1S/C13H11N3OS/c1-9-4-2-3-5-11(9)18-8-12-15-7-10(6-14)13(17)16-12/h2-5,7H,8H2,1H3,(H,15,16,17). The van der Waals surface area contributed by atoms with E-state index in [-0.39, 0.29) is 11.1 Å². The first-order chi connectivity index (χ1) is 8.70. The Balaban J connectivity index is 2.12. The monoisotopic (exact) mass is 257 g/mol. The number of rotatable bonds is 3. The average molecular weight is 257 g/mol. The molecule has 0 saturated carbocycles. The Hall–Kier alpha value is -2.06. The van der Waals surface area contributed by atoms with Gasteiger partial charge in [-0.2, -0.15) is 5.26 Å². The molecule has 2 aromatic rings. The third-order valence-electron chi connectivity index (χ3n) is 2.43. The maximum atomic E-state index is 11.4. The quantitative estimate of drug-likeness (QED) is 0.856. The molecule has 1 aromatic heterocycles. The fourth-order valence-corrected chi connectivity index (χ4v) is 2.36. The van der Waals surface area contributed by atoms with E-state index in [2.05, 4.69) is 9.97 Å². The normalized spacial score (nSPS) is 10.0. The first-order valence-corrected chi connectivity index (χ1v) is 6.36. The van der Waals surface area contributed by atoms with Crippen LogP contribution in [0, 0.1) is 18.3 Å². The van der Waals surface area contributed by atoms with Crippen molar-refractivity contribution in [1.29, 1.82) is 5.26 Å². The number of aromatic amines is 1. The second-order valence-electron chi connectivity index (χ2n) is 3.74. The molecule has 90 valence electrons. The zero-order valence-corrected chi connectivity index (χ0v) is 10.6. The van der Waals surface area contributed by atoms with Crippen LogP contribution in [0.4, 0.5) is 0 Å². The number of nitriles is 1. The van der Waals surface area contributed by atoms with Crippen molar-refractivity contribution in [2.24, 2.45) is 0 Å². The van der Waals surface area contributed by atoms with Gasteiger partial charge in [-0.25, -0.2) is 4.98 Å². The maximum Gasteiger partial charge on any atom is 0.268 e. The Kier molecular flexibility index (Phi) is 3.80. The fraction of sp³-hybridized carbons (Fsp3) is 0.154. The lowest BCUT2D eigenvalue weighted by Crippen LogP contribution is -2.13. The first kappa shape index (κ1) is 12.4. The van der Waals surface area contributed by atoms with Crippen LogP contribution in [0.1, 0.15) is 17.0 Å². The van der Waals surface area contributed by atoms with Gasteiger partial charge < -0.3 is 4.98 Å². The van der Waals surface area contributed by atoms with E-state index in [0.717, 1.165) is 4.90 Å². The first-order valence-electron chi connectivity index (χ1n) is 5.37. The van der Waals surface area contributed by atoms with Gasteiger partial charge in [0.25, 0.3) is 5.56 Å². The number of aryl methyl sites for hydroxylation is 1. The van der Waals surface area contributed by atoms with Crippen LogP contribution in [-0.2, 0) is 5.75 Å². The summed E-state index contributed by atoms with van der Waals surface area (Å²) in [6.45, 7) is 2.04. The predicted octanol–water partition coefficient (Wildman–Crippen LogP) is 2.24. The highest BCUT2D eigenvalue weighted by Crippen LogP contribution is 2.24.